The van der Waals surface area contributed by atoms with E-state index in [-0.39, 0.29) is 11.9 Å². The number of amides is 1. The first-order chi connectivity index (χ1) is 14.5. The van der Waals surface area contributed by atoms with E-state index < -0.39 is 0 Å². The summed E-state index contributed by atoms with van der Waals surface area (Å²) in [7, 11) is 0. The van der Waals surface area contributed by atoms with Crippen LogP contribution in [0.3, 0.4) is 0 Å². The number of carbonyl (C=O) groups is 1. The number of pyridine rings is 2. The number of aryl methyl sites for hydroxylation is 2. The van der Waals surface area contributed by atoms with Gasteiger partial charge in [0.2, 0.25) is 5.91 Å². The van der Waals surface area contributed by atoms with Crippen molar-refractivity contribution in [2.24, 2.45) is 0 Å². The third-order valence-electron chi connectivity index (χ3n) is 5.56. The predicted octanol–water partition coefficient (Wildman–Crippen LogP) is 3.50. The molecule has 0 fully saturated rings. The number of anilines is 1. The largest absolute Gasteiger partial charge is 0.383 e. The smallest absolute Gasteiger partial charge is 0.217 e. The first kappa shape index (κ1) is 18.3. The molecule has 1 aromatic carbocycles. The minimum absolute atomic E-state index is 0.00783. The first-order valence-electron chi connectivity index (χ1n) is 9.98. The van der Waals surface area contributed by atoms with E-state index in [2.05, 4.69) is 28.5 Å². The van der Waals surface area contributed by atoms with Gasteiger partial charge in [-0.15, -0.1) is 0 Å². The topological polar surface area (TPSA) is 98.7 Å². The molecule has 1 aliphatic rings. The molecule has 1 aliphatic carbocycles. The Bertz CT molecular complexity index is 1290. The zero-order chi connectivity index (χ0) is 20.8. The number of fused-ring (bicyclic) bond motifs is 2. The number of carbonyl (C=O) groups excluding carboxylic acids is 1. The molecule has 0 unspecified atom stereocenters. The molecule has 4 aromatic rings. The van der Waals surface area contributed by atoms with Crippen molar-refractivity contribution in [3.8, 4) is 17.1 Å². The molecule has 3 N–H and O–H groups in total. The molecular weight excluding hydrogens is 376 g/mol. The van der Waals surface area contributed by atoms with E-state index >= 15 is 0 Å². The first-order valence-corrected chi connectivity index (χ1v) is 9.98. The van der Waals surface area contributed by atoms with Crippen LogP contribution in [-0.4, -0.2) is 25.4 Å². The molecule has 150 valence electrons. The number of imidazole rings is 1. The quantitative estimate of drug-likeness (QED) is 0.550. The van der Waals surface area contributed by atoms with Crippen LogP contribution in [0.4, 0.5) is 5.82 Å². The van der Waals surface area contributed by atoms with Crippen molar-refractivity contribution >= 4 is 22.9 Å². The van der Waals surface area contributed by atoms with Crippen LogP contribution < -0.4 is 11.1 Å². The van der Waals surface area contributed by atoms with E-state index in [1.54, 1.807) is 13.1 Å². The number of rotatable bonds is 3. The van der Waals surface area contributed by atoms with E-state index in [0.717, 1.165) is 41.0 Å². The average Bonchev–Trinajstić information content (AvgIpc) is 3.28. The molecule has 0 saturated heterocycles. The van der Waals surface area contributed by atoms with Gasteiger partial charge in [-0.25, -0.2) is 15.0 Å². The summed E-state index contributed by atoms with van der Waals surface area (Å²) >= 11 is 0. The molecule has 0 saturated carbocycles. The molecule has 5 rings (SSSR count). The number of nitrogens with zero attached hydrogens (tertiary/aromatic N) is 4. The lowest BCUT2D eigenvalue weighted by atomic mass is 10.1. The van der Waals surface area contributed by atoms with E-state index in [0.29, 0.717) is 11.6 Å². The van der Waals surface area contributed by atoms with Gasteiger partial charge in [0.1, 0.15) is 11.3 Å². The van der Waals surface area contributed by atoms with Gasteiger partial charge in [-0.2, -0.15) is 0 Å². The summed E-state index contributed by atoms with van der Waals surface area (Å²) in [6.07, 6.45) is 3.49. The number of nitrogens with two attached hydrogens (primary N) is 1. The number of nitrogens with one attached hydrogen (secondary N) is 1. The zero-order valence-corrected chi connectivity index (χ0v) is 16.9. The Kier molecular flexibility index (Phi) is 4.24. The van der Waals surface area contributed by atoms with Crippen molar-refractivity contribution in [2.75, 3.05) is 5.73 Å². The molecule has 0 bridgehead atoms. The van der Waals surface area contributed by atoms with Gasteiger partial charge in [0.05, 0.1) is 11.6 Å². The molecule has 1 amide bonds. The lowest BCUT2D eigenvalue weighted by Crippen LogP contribution is -2.24. The van der Waals surface area contributed by atoms with Crippen LogP contribution in [0.2, 0.25) is 0 Å². The van der Waals surface area contributed by atoms with Gasteiger partial charge in [-0.3, -0.25) is 9.36 Å². The van der Waals surface area contributed by atoms with Crippen LogP contribution in [0, 0.1) is 6.92 Å². The fourth-order valence-electron chi connectivity index (χ4n) is 4.22. The van der Waals surface area contributed by atoms with Crippen molar-refractivity contribution in [2.45, 2.75) is 32.7 Å². The molecule has 30 heavy (non-hydrogen) atoms. The Morgan fingerprint density at radius 3 is 2.87 bits per heavy atom. The lowest BCUT2D eigenvalue weighted by molar-refractivity contribution is -0.119. The Labute approximate surface area is 174 Å². The van der Waals surface area contributed by atoms with Gasteiger partial charge in [0.25, 0.3) is 0 Å². The van der Waals surface area contributed by atoms with E-state index in [1.807, 2.05) is 35.8 Å². The van der Waals surface area contributed by atoms with Crippen LogP contribution in [0.1, 0.15) is 36.2 Å². The minimum Gasteiger partial charge on any atom is -0.383 e. The minimum atomic E-state index is -0.00783. The van der Waals surface area contributed by atoms with Crippen LogP contribution >= 0.6 is 0 Å². The van der Waals surface area contributed by atoms with Crippen molar-refractivity contribution in [3.05, 3.63) is 65.5 Å². The van der Waals surface area contributed by atoms with E-state index in [9.17, 15) is 4.79 Å². The highest BCUT2D eigenvalue weighted by Gasteiger charge is 2.25. The van der Waals surface area contributed by atoms with Crippen molar-refractivity contribution in [1.82, 2.24) is 24.8 Å². The van der Waals surface area contributed by atoms with E-state index in [1.165, 1.54) is 11.1 Å². The Morgan fingerprint density at radius 2 is 2.07 bits per heavy atom. The summed E-state index contributed by atoms with van der Waals surface area (Å²) in [5, 5.41) is 3.04. The molecule has 1 atom stereocenters. The van der Waals surface area contributed by atoms with Gasteiger partial charge >= 0.3 is 0 Å². The number of hydrogen-bond acceptors (Lipinski definition) is 5. The van der Waals surface area contributed by atoms with Crippen molar-refractivity contribution < 1.29 is 4.79 Å². The maximum absolute atomic E-state index is 11.5. The van der Waals surface area contributed by atoms with Crippen LogP contribution in [0.5, 0.6) is 0 Å². The molecule has 3 aromatic heterocycles. The number of hydrogen-bond donors (Lipinski definition) is 2. The Morgan fingerprint density at radius 1 is 1.20 bits per heavy atom. The van der Waals surface area contributed by atoms with Gasteiger partial charge in [-0.1, -0.05) is 6.07 Å². The molecule has 7 nitrogen and oxygen atoms in total. The van der Waals surface area contributed by atoms with Crippen LogP contribution in [-0.2, 0) is 11.2 Å². The standard InChI is InChI=1S/C23H22N6O/c1-13-5-9-20-23(26-13)29(22(28-20)18-4-3-11-25-21(18)24)16-7-8-17-15(12-16)6-10-19(17)27-14(2)30/h3-5,7-9,11-12,19H,6,10H2,1-2H3,(H2,24,25)(H,27,30)/t19-/m0/s1. The lowest BCUT2D eigenvalue weighted by Gasteiger charge is -2.14. The van der Waals surface area contributed by atoms with Crippen molar-refractivity contribution in [1.29, 1.82) is 0 Å². The summed E-state index contributed by atoms with van der Waals surface area (Å²) in [5.41, 5.74) is 12.8. The zero-order valence-electron chi connectivity index (χ0n) is 16.9. The highest BCUT2D eigenvalue weighted by Crippen LogP contribution is 2.35. The fraction of sp³-hybridized carbons (Fsp3) is 0.217. The fourth-order valence-corrected chi connectivity index (χ4v) is 4.22. The molecule has 0 aliphatic heterocycles. The molecule has 7 heteroatoms. The second-order valence-corrected chi connectivity index (χ2v) is 7.68. The third kappa shape index (κ3) is 2.99. The van der Waals surface area contributed by atoms with Crippen LogP contribution in [0.15, 0.2) is 48.7 Å². The average molecular weight is 398 g/mol. The molecular formula is C23H22N6O. The molecule has 0 radical (unpaired) electrons. The summed E-state index contributed by atoms with van der Waals surface area (Å²) in [6, 6.07) is 14.1. The molecule has 3 heterocycles. The number of aromatic nitrogens is 4. The molecule has 0 spiro atoms. The number of nitrogen functional groups attached to an aromatic ring is 1. The SMILES string of the molecule is CC(=O)N[C@H]1CCc2cc(-n3c(-c4cccnc4N)nc4ccc(C)nc43)ccc21. The van der Waals surface area contributed by atoms with Gasteiger partial charge in [0.15, 0.2) is 11.5 Å². The van der Waals surface area contributed by atoms with Gasteiger partial charge in [-0.05, 0) is 67.3 Å². The normalized spacial score (nSPS) is 15.3. The second-order valence-electron chi connectivity index (χ2n) is 7.68. The van der Waals surface area contributed by atoms with Crippen molar-refractivity contribution in [3.63, 3.8) is 0 Å². The summed E-state index contributed by atoms with van der Waals surface area (Å²) in [4.78, 5) is 25.4. The monoisotopic (exact) mass is 398 g/mol. The van der Waals surface area contributed by atoms with Gasteiger partial charge < -0.3 is 11.1 Å². The van der Waals surface area contributed by atoms with E-state index in [4.69, 9.17) is 15.7 Å². The van der Waals surface area contributed by atoms with Crippen LogP contribution in [0.25, 0.3) is 28.2 Å². The Hall–Kier alpha value is -3.74. The number of benzene rings is 1. The maximum Gasteiger partial charge on any atom is 0.217 e. The summed E-state index contributed by atoms with van der Waals surface area (Å²) in [5.74, 6) is 1.13. The summed E-state index contributed by atoms with van der Waals surface area (Å²) in [6.45, 7) is 3.53. The highest BCUT2D eigenvalue weighted by atomic mass is 16.1. The highest BCUT2D eigenvalue weighted by molar-refractivity contribution is 5.83. The third-order valence-corrected chi connectivity index (χ3v) is 5.56. The summed E-state index contributed by atoms with van der Waals surface area (Å²) < 4.78 is 2.04. The predicted molar refractivity (Wildman–Crippen MR) is 116 cm³/mol. The van der Waals surface area contributed by atoms with Gasteiger partial charge in [0, 0.05) is 24.5 Å². The Balaban J connectivity index is 1.71. The second kappa shape index (κ2) is 6.95. The maximum atomic E-state index is 11.5.